The summed E-state index contributed by atoms with van der Waals surface area (Å²) < 4.78 is 0. The number of anilines is 2. The van der Waals surface area contributed by atoms with Crippen LogP contribution in [0.2, 0.25) is 0 Å². The third-order valence-corrected chi connectivity index (χ3v) is 5.44. The van der Waals surface area contributed by atoms with Crippen molar-refractivity contribution in [2.75, 3.05) is 36.0 Å². The van der Waals surface area contributed by atoms with E-state index in [0.717, 1.165) is 48.6 Å². The van der Waals surface area contributed by atoms with Crippen LogP contribution in [0.15, 0.2) is 72.1 Å². The van der Waals surface area contributed by atoms with Gasteiger partial charge in [0.2, 0.25) is 0 Å². The summed E-state index contributed by atoms with van der Waals surface area (Å²) in [6, 6.07) is 16.0. The van der Waals surface area contributed by atoms with Crippen LogP contribution < -0.4 is 9.80 Å². The number of fused-ring (bicyclic) bond motifs is 1. The zero-order valence-corrected chi connectivity index (χ0v) is 16.4. The van der Waals surface area contributed by atoms with Crippen LogP contribution in [-0.2, 0) is 0 Å². The van der Waals surface area contributed by atoms with Crippen LogP contribution in [-0.4, -0.2) is 52.5 Å². The van der Waals surface area contributed by atoms with Crippen LogP contribution in [0, 0.1) is 0 Å². The maximum Gasteiger partial charge on any atom is 0.198 e. The Morgan fingerprint density at radius 2 is 1.70 bits per heavy atom. The van der Waals surface area contributed by atoms with Gasteiger partial charge in [0.05, 0.1) is 17.4 Å². The molecule has 0 radical (unpaired) electrons. The van der Waals surface area contributed by atoms with Gasteiger partial charge in [0, 0.05) is 61.4 Å². The first-order chi connectivity index (χ1) is 14.8. The molecule has 0 atom stereocenters. The van der Waals surface area contributed by atoms with E-state index in [0.29, 0.717) is 5.56 Å². The fourth-order valence-corrected chi connectivity index (χ4v) is 3.82. The lowest BCUT2D eigenvalue weighted by molar-refractivity contribution is 0.457. The molecule has 1 aliphatic heterocycles. The number of aromatic hydroxyl groups is 1. The van der Waals surface area contributed by atoms with Crippen molar-refractivity contribution in [2.24, 2.45) is 4.99 Å². The average Bonchev–Trinajstić information content (AvgIpc) is 3.13. The zero-order chi connectivity index (χ0) is 20.3. The highest BCUT2D eigenvalue weighted by atomic mass is 16.3. The SMILES string of the molecule is Oc1[nH]c2ccccc2c1C=Nc1ccc(N2CCN(c3cnccn3)CC2)cc1. The van der Waals surface area contributed by atoms with Crippen molar-refractivity contribution in [3.05, 3.63) is 72.7 Å². The summed E-state index contributed by atoms with van der Waals surface area (Å²) in [5.41, 5.74) is 3.63. The molecule has 0 bridgehead atoms. The van der Waals surface area contributed by atoms with Crippen molar-refractivity contribution in [2.45, 2.75) is 0 Å². The molecule has 0 saturated carbocycles. The number of benzene rings is 2. The van der Waals surface area contributed by atoms with Crippen molar-refractivity contribution in [1.82, 2.24) is 15.0 Å². The lowest BCUT2D eigenvalue weighted by atomic mass is 10.2. The molecule has 2 aromatic heterocycles. The Bertz CT molecular complexity index is 1160. The third kappa shape index (κ3) is 3.57. The first-order valence-electron chi connectivity index (χ1n) is 9.98. The molecule has 3 heterocycles. The second-order valence-electron chi connectivity index (χ2n) is 7.25. The van der Waals surface area contributed by atoms with E-state index in [9.17, 15) is 5.11 Å². The van der Waals surface area contributed by atoms with E-state index < -0.39 is 0 Å². The lowest BCUT2D eigenvalue weighted by Crippen LogP contribution is -2.46. The molecule has 0 amide bonds. The average molecular weight is 398 g/mol. The van der Waals surface area contributed by atoms with Gasteiger partial charge in [-0.2, -0.15) is 0 Å². The molecule has 2 N–H and O–H groups in total. The summed E-state index contributed by atoms with van der Waals surface area (Å²) in [6.07, 6.45) is 6.96. The minimum Gasteiger partial charge on any atom is -0.494 e. The number of hydrogen-bond acceptors (Lipinski definition) is 6. The highest BCUT2D eigenvalue weighted by molar-refractivity contribution is 6.02. The van der Waals surface area contributed by atoms with Gasteiger partial charge >= 0.3 is 0 Å². The molecular weight excluding hydrogens is 376 g/mol. The molecule has 7 nitrogen and oxygen atoms in total. The summed E-state index contributed by atoms with van der Waals surface area (Å²) in [5.74, 6) is 1.07. The van der Waals surface area contributed by atoms with Crippen LogP contribution in [0.5, 0.6) is 5.88 Å². The number of aromatic nitrogens is 3. The van der Waals surface area contributed by atoms with Gasteiger partial charge in [0.1, 0.15) is 5.82 Å². The highest BCUT2D eigenvalue weighted by Crippen LogP contribution is 2.27. The fraction of sp³-hybridized carbons (Fsp3) is 0.174. The largest absolute Gasteiger partial charge is 0.494 e. The van der Waals surface area contributed by atoms with Crippen LogP contribution in [0.3, 0.4) is 0 Å². The number of aromatic amines is 1. The van der Waals surface area contributed by atoms with Crippen LogP contribution in [0.25, 0.3) is 10.9 Å². The number of hydrogen-bond donors (Lipinski definition) is 2. The highest BCUT2D eigenvalue weighted by Gasteiger charge is 2.18. The number of nitrogens with zero attached hydrogens (tertiary/aromatic N) is 5. The number of para-hydroxylation sites is 1. The molecule has 2 aromatic carbocycles. The minimum absolute atomic E-state index is 0.137. The molecule has 150 valence electrons. The first-order valence-corrected chi connectivity index (χ1v) is 9.98. The lowest BCUT2D eigenvalue weighted by Gasteiger charge is -2.36. The van der Waals surface area contributed by atoms with Gasteiger partial charge in [-0.25, -0.2) is 4.98 Å². The van der Waals surface area contributed by atoms with Crippen molar-refractivity contribution in [3.8, 4) is 5.88 Å². The van der Waals surface area contributed by atoms with Gasteiger partial charge in [-0.3, -0.25) is 9.98 Å². The summed E-state index contributed by atoms with van der Waals surface area (Å²) in [5, 5.41) is 11.1. The normalized spacial score (nSPS) is 14.7. The summed E-state index contributed by atoms with van der Waals surface area (Å²) in [6.45, 7) is 3.70. The van der Waals surface area contributed by atoms with Gasteiger partial charge < -0.3 is 19.9 Å². The number of rotatable bonds is 4. The maximum atomic E-state index is 10.2. The molecular formula is C23H22N6O. The van der Waals surface area contributed by atoms with E-state index in [1.165, 1.54) is 5.69 Å². The van der Waals surface area contributed by atoms with Crippen molar-refractivity contribution < 1.29 is 5.11 Å². The molecule has 4 aromatic rings. The van der Waals surface area contributed by atoms with Gasteiger partial charge in [-0.05, 0) is 30.3 Å². The quantitative estimate of drug-likeness (QED) is 0.512. The van der Waals surface area contributed by atoms with Gasteiger partial charge in [-0.1, -0.05) is 18.2 Å². The van der Waals surface area contributed by atoms with Crippen LogP contribution in [0.1, 0.15) is 5.56 Å². The van der Waals surface area contributed by atoms with Crippen LogP contribution in [0.4, 0.5) is 17.2 Å². The minimum atomic E-state index is 0.137. The Morgan fingerprint density at radius 1 is 0.933 bits per heavy atom. The summed E-state index contributed by atoms with van der Waals surface area (Å²) in [4.78, 5) is 20.7. The zero-order valence-electron chi connectivity index (χ0n) is 16.4. The molecule has 5 rings (SSSR count). The Kier molecular flexibility index (Phi) is 4.77. The second-order valence-corrected chi connectivity index (χ2v) is 7.25. The van der Waals surface area contributed by atoms with Crippen molar-refractivity contribution in [1.29, 1.82) is 0 Å². The summed E-state index contributed by atoms with van der Waals surface area (Å²) >= 11 is 0. The molecule has 0 spiro atoms. The third-order valence-electron chi connectivity index (χ3n) is 5.44. The Hall–Kier alpha value is -3.87. The van der Waals surface area contributed by atoms with E-state index in [1.54, 1.807) is 18.6 Å². The standard InChI is InChI=1S/C23H22N6O/c30-23-20(19-3-1-2-4-21(19)27-23)15-26-17-5-7-18(8-6-17)28-11-13-29(14-12-28)22-16-24-9-10-25-22/h1-10,15-16,27,30H,11-14H2. The molecule has 30 heavy (non-hydrogen) atoms. The molecule has 0 unspecified atom stereocenters. The molecule has 1 aliphatic rings. The van der Waals surface area contributed by atoms with E-state index in [1.807, 2.05) is 42.6 Å². The van der Waals surface area contributed by atoms with Crippen LogP contribution >= 0.6 is 0 Å². The topological polar surface area (TPSA) is 80.6 Å². The summed E-state index contributed by atoms with van der Waals surface area (Å²) in [7, 11) is 0. The van der Waals surface area contributed by atoms with Crippen molar-refractivity contribution >= 4 is 34.3 Å². The van der Waals surface area contributed by atoms with Crippen molar-refractivity contribution in [3.63, 3.8) is 0 Å². The maximum absolute atomic E-state index is 10.2. The first kappa shape index (κ1) is 18.2. The monoisotopic (exact) mass is 398 g/mol. The van der Waals surface area contributed by atoms with E-state index in [2.05, 4.69) is 41.9 Å². The Balaban J connectivity index is 1.26. The molecule has 0 aliphatic carbocycles. The van der Waals surface area contributed by atoms with Gasteiger partial charge in [0.25, 0.3) is 0 Å². The predicted molar refractivity (Wildman–Crippen MR) is 120 cm³/mol. The molecule has 1 saturated heterocycles. The number of aliphatic imine (C=N–C) groups is 1. The molecule has 7 heteroatoms. The molecule has 1 fully saturated rings. The van der Waals surface area contributed by atoms with Gasteiger partial charge in [0.15, 0.2) is 5.88 Å². The number of nitrogens with one attached hydrogen (secondary N) is 1. The predicted octanol–water partition coefficient (Wildman–Crippen LogP) is 3.74. The smallest absolute Gasteiger partial charge is 0.198 e. The van der Waals surface area contributed by atoms with E-state index in [-0.39, 0.29) is 5.88 Å². The fourth-order valence-electron chi connectivity index (χ4n) is 3.82. The Morgan fingerprint density at radius 3 is 2.47 bits per heavy atom. The van der Waals surface area contributed by atoms with E-state index in [4.69, 9.17) is 0 Å². The Labute approximate surface area is 174 Å². The second kappa shape index (κ2) is 7.87. The number of H-pyrrole nitrogens is 1. The van der Waals surface area contributed by atoms with Gasteiger partial charge in [-0.15, -0.1) is 0 Å². The number of piperazine rings is 1. The van der Waals surface area contributed by atoms with E-state index >= 15 is 0 Å².